The van der Waals surface area contributed by atoms with Gasteiger partial charge >= 0.3 is 0 Å². The maximum Gasteiger partial charge on any atom is 0.223 e. The summed E-state index contributed by atoms with van der Waals surface area (Å²) in [4.78, 5) is 13.7. The normalized spacial score (nSPS) is 25.1. The number of likely N-dealkylation sites (tertiary alicyclic amines) is 1. The van der Waals surface area contributed by atoms with E-state index in [1.807, 2.05) is 36.1 Å². The van der Waals surface area contributed by atoms with Gasteiger partial charge in [0.25, 0.3) is 0 Å². The van der Waals surface area contributed by atoms with E-state index in [1.54, 1.807) is 0 Å². The fraction of sp³-hybridized carbons (Fsp3) is 0.462. The molecule has 2 atom stereocenters. The molecule has 0 spiro atoms. The van der Waals surface area contributed by atoms with Crippen LogP contribution in [0.4, 0.5) is 0 Å². The number of likely N-dealkylation sites (N-methyl/N-ethyl adjacent to an activating group) is 1. The molecule has 1 fully saturated rings. The number of hydrogen-bond acceptors (Lipinski definition) is 2. The van der Waals surface area contributed by atoms with E-state index in [0.717, 1.165) is 12.0 Å². The van der Waals surface area contributed by atoms with Crippen molar-refractivity contribution in [3.05, 3.63) is 34.9 Å². The molecule has 1 aromatic carbocycles. The molecule has 1 aliphatic rings. The maximum absolute atomic E-state index is 11.9. The Morgan fingerprint density at radius 1 is 1.53 bits per heavy atom. The van der Waals surface area contributed by atoms with Crippen molar-refractivity contribution in [2.75, 3.05) is 6.54 Å². The Morgan fingerprint density at radius 2 is 2.29 bits per heavy atom. The van der Waals surface area contributed by atoms with E-state index in [-0.39, 0.29) is 18.0 Å². The number of amides is 1. The van der Waals surface area contributed by atoms with Crippen LogP contribution in [-0.4, -0.2) is 23.4 Å². The average molecular weight is 253 g/mol. The molecule has 1 aromatic rings. The van der Waals surface area contributed by atoms with E-state index < -0.39 is 0 Å². The number of halogens is 1. The smallest absolute Gasteiger partial charge is 0.223 e. The van der Waals surface area contributed by atoms with Gasteiger partial charge in [0.1, 0.15) is 0 Å². The topological polar surface area (TPSA) is 46.3 Å². The quantitative estimate of drug-likeness (QED) is 0.878. The van der Waals surface area contributed by atoms with Crippen LogP contribution in [0.15, 0.2) is 24.3 Å². The van der Waals surface area contributed by atoms with Crippen molar-refractivity contribution in [3.8, 4) is 0 Å². The van der Waals surface area contributed by atoms with E-state index in [0.29, 0.717) is 18.0 Å². The fourth-order valence-electron chi connectivity index (χ4n) is 2.47. The van der Waals surface area contributed by atoms with Gasteiger partial charge in [0.05, 0.1) is 6.04 Å². The van der Waals surface area contributed by atoms with Crippen LogP contribution < -0.4 is 5.73 Å². The third-order valence-corrected chi connectivity index (χ3v) is 3.52. The molecule has 2 N–H and O–H groups in total. The van der Waals surface area contributed by atoms with Crippen molar-refractivity contribution in [1.82, 2.24) is 4.90 Å². The summed E-state index contributed by atoms with van der Waals surface area (Å²) >= 11 is 5.99. The number of rotatable bonds is 2. The highest BCUT2D eigenvalue weighted by molar-refractivity contribution is 6.30. The van der Waals surface area contributed by atoms with E-state index in [4.69, 9.17) is 17.3 Å². The molecule has 3 nitrogen and oxygen atoms in total. The number of nitrogens with two attached hydrogens (primary N) is 1. The highest BCUT2D eigenvalue weighted by atomic mass is 35.5. The van der Waals surface area contributed by atoms with Crippen molar-refractivity contribution in [3.63, 3.8) is 0 Å². The van der Waals surface area contributed by atoms with Gasteiger partial charge < -0.3 is 10.6 Å². The number of nitrogens with zero attached hydrogens (tertiary/aromatic N) is 1. The summed E-state index contributed by atoms with van der Waals surface area (Å²) in [6.07, 6.45) is 1.29. The van der Waals surface area contributed by atoms with Crippen LogP contribution in [0.25, 0.3) is 0 Å². The SMILES string of the molecule is CCN1C(=O)CCC(N)C1c1cccc(Cl)c1. The molecule has 1 heterocycles. The molecule has 1 amide bonds. The highest BCUT2D eigenvalue weighted by Crippen LogP contribution is 2.31. The molecule has 0 saturated carbocycles. The lowest BCUT2D eigenvalue weighted by Crippen LogP contribution is -2.48. The molecule has 0 aromatic heterocycles. The second kappa shape index (κ2) is 5.07. The molecule has 0 radical (unpaired) electrons. The molecule has 0 aliphatic carbocycles. The van der Waals surface area contributed by atoms with Gasteiger partial charge in [-0.05, 0) is 31.0 Å². The largest absolute Gasteiger partial charge is 0.334 e. The Kier molecular flexibility index (Phi) is 3.69. The molecular formula is C13H17ClN2O. The average Bonchev–Trinajstić information content (AvgIpc) is 2.31. The standard InChI is InChI=1S/C13H17ClN2O/c1-2-16-12(17)7-6-11(15)13(16)9-4-3-5-10(14)8-9/h3-5,8,11,13H,2,6-7,15H2,1H3. The summed E-state index contributed by atoms with van der Waals surface area (Å²) in [6, 6.07) is 7.56. The van der Waals surface area contributed by atoms with Gasteiger partial charge in [-0.25, -0.2) is 0 Å². The molecule has 1 aliphatic heterocycles. The van der Waals surface area contributed by atoms with Gasteiger partial charge in [0, 0.05) is 24.0 Å². The lowest BCUT2D eigenvalue weighted by atomic mass is 9.90. The molecule has 17 heavy (non-hydrogen) atoms. The lowest BCUT2D eigenvalue weighted by molar-refractivity contribution is -0.137. The number of piperidine rings is 1. The Hall–Kier alpha value is -1.06. The summed E-state index contributed by atoms with van der Waals surface area (Å²) in [7, 11) is 0. The number of benzene rings is 1. The summed E-state index contributed by atoms with van der Waals surface area (Å²) < 4.78 is 0. The van der Waals surface area contributed by atoms with Gasteiger partial charge in [-0.1, -0.05) is 23.7 Å². The highest BCUT2D eigenvalue weighted by Gasteiger charge is 2.33. The predicted molar refractivity (Wildman–Crippen MR) is 68.8 cm³/mol. The third-order valence-electron chi connectivity index (χ3n) is 3.28. The lowest BCUT2D eigenvalue weighted by Gasteiger charge is -2.39. The van der Waals surface area contributed by atoms with Crippen molar-refractivity contribution >= 4 is 17.5 Å². The van der Waals surface area contributed by atoms with E-state index in [1.165, 1.54) is 0 Å². The van der Waals surface area contributed by atoms with Crippen molar-refractivity contribution in [1.29, 1.82) is 0 Å². The van der Waals surface area contributed by atoms with Crippen molar-refractivity contribution in [2.24, 2.45) is 5.73 Å². The minimum Gasteiger partial charge on any atom is -0.334 e. The second-order valence-electron chi connectivity index (χ2n) is 4.38. The second-order valence-corrected chi connectivity index (χ2v) is 4.82. The van der Waals surface area contributed by atoms with Gasteiger partial charge in [-0.3, -0.25) is 4.79 Å². The first kappa shape index (κ1) is 12.4. The van der Waals surface area contributed by atoms with Crippen molar-refractivity contribution < 1.29 is 4.79 Å². The number of carbonyl (C=O) groups excluding carboxylic acids is 1. The molecule has 0 bridgehead atoms. The predicted octanol–water partition coefficient (Wildman–Crippen LogP) is 2.35. The summed E-state index contributed by atoms with van der Waals surface area (Å²) in [5.74, 6) is 0.180. The van der Waals surface area contributed by atoms with Gasteiger partial charge in [0.15, 0.2) is 0 Å². The van der Waals surface area contributed by atoms with E-state index >= 15 is 0 Å². The fourth-order valence-corrected chi connectivity index (χ4v) is 2.67. The third kappa shape index (κ3) is 2.45. The summed E-state index contributed by atoms with van der Waals surface area (Å²) in [5, 5.41) is 0.684. The van der Waals surface area contributed by atoms with Crippen LogP contribution in [-0.2, 0) is 4.79 Å². The molecule has 1 saturated heterocycles. The summed E-state index contributed by atoms with van der Waals surface area (Å²) in [5.41, 5.74) is 7.18. The van der Waals surface area contributed by atoms with Crippen LogP contribution in [0.2, 0.25) is 5.02 Å². The number of carbonyl (C=O) groups is 1. The first-order valence-electron chi connectivity index (χ1n) is 5.94. The monoisotopic (exact) mass is 252 g/mol. The minimum atomic E-state index is -0.0417. The van der Waals surface area contributed by atoms with Crippen molar-refractivity contribution in [2.45, 2.75) is 31.8 Å². The van der Waals surface area contributed by atoms with Gasteiger partial charge in [0.2, 0.25) is 5.91 Å². The van der Waals surface area contributed by atoms with Crippen LogP contribution >= 0.6 is 11.6 Å². The van der Waals surface area contributed by atoms with Gasteiger partial charge in [-0.15, -0.1) is 0 Å². The Labute approximate surface area is 107 Å². The molecule has 92 valence electrons. The zero-order chi connectivity index (χ0) is 12.4. The Morgan fingerprint density at radius 3 is 2.94 bits per heavy atom. The maximum atomic E-state index is 11.9. The Bertz CT molecular complexity index is 422. The zero-order valence-corrected chi connectivity index (χ0v) is 10.7. The first-order chi connectivity index (χ1) is 8.13. The van der Waals surface area contributed by atoms with Crippen LogP contribution in [0, 0.1) is 0 Å². The minimum absolute atomic E-state index is 0.00823. The van der Waals surface area contributed by atoms with Crippen LogP contribution in [0.1, 0.15) is 31.4 Å². The van der Waals surface area contributed by atoms with E-state index in [9.17, 15) is 4.79 Å². The summed E-state index contributed by atoms with van der Waals surface area (Å²) in [6.45, 7) is 2.66. The molecular weight excluding hydrogens is 236 g/mol. The van der Waals surface area contributed by atoms with Crippen LogP contribution in [0.3, 0.4) is 0 Å². The first-order valence-corrected chi connectivity index (χ1v) is 6.31. The van der Waals surface area contributed by atoms with E-state index in [2.05, 4.69) is 0 Å². The number of hydrogen-bond donors (Lipinski definition) is 1. The van der Waals surface area contributed by atoms with Gasteiger partial charge in [-0.2, -0.15) is 0 Å². The molecule has 4 heteroatoms. The molecule has 2 unspecified atom stereocenters. The zero-order valence-electron chi connectivity index (χ0n) is 9.90. The molecule has 2 rings (SSSR count). The Balaban J connectivity index is 2.35. The van der Waals surface area contributed by atoms with Crippen LogP contribution in [0.5, 0.6) is 0 Å².